The van der Waals surface area contributed by atoms with Gasteiger partial charge in [0.15, 0.2) is 0 Å². The maximum absolute atomic E-state index is 16.4. The van der Waals surface area contributed by atoms with E-state index in [4.69, 9.17) is 16.3 Å². The van der Waals surface area contributed by atoms with Crippen molar-refractivity contribution in [2.24, 2.45) is 5.92 Å². The minimum Gasteiger partial charge on any atom is -0.394 e. The van der Waals surface area contributed by atoms with Gasteiger partial charge in [-0.2, -0.15) is 0 Å². The molecule has 2 unspecified atom stereocenters. The molecule has 0 aromatic heterocycles. The second-order valence-corrected chi connectivity index (χ2v) is 20.2. The lowest BCUT2D eigenvalue weighted by Gasteiger charge is -2.42. The highest BCUT2D eigenvalue weighted by Gasteiger charge is 2.56. The Balaban J connectivity index is 1.62. The van der Waals surface area contributed by atoms with Gasteiger partial charge in [-0.25, -0.2) is 4.39 Å². The second-order valence-electron chi connectivity index (χ2n) is 14.2. The highest BCUT2D eigenvalue weighted by molar-refractivity contribution is 6.90. The van der Waals surface area contributed by atoms with Gasteiger partial charge >= 0.3 is 0 Å². The van der Waals surface area contributed by atoms with E-state index in [0.717, 1.165) is 24.0 Å². The maximum atomic E-state index is 16.4. The largest absolute Gasteiger partial charge is 0.394 e. The van der Waals surface area contributed by atoms with Crippen molar-refractivity contribution in [3.05, 3.63) is 111 Å². The van der Waals surface area contributed by atoms with Crippen LogP contribution in [0.5, 0.6) is 0 Å². The highest BCUT2D eigenvalue weighted by atomic mass is 35.5. The number of carbonyl (C=O) groups excluding carboxylic acids is 1. The van der Waals surface area contributed by atoms with Crippen molar-refractivity contribution in [3.63, 3.8) is 0 Å². The number of nitrogens with zero attached hydrogens (tertiary/aromatic N) is 1. The molecule has 1 amide bonds. The van der Waals surface area contributed by atoms with Crippen LogP contribution in [0.3, 0.4) is 0 Å². The van der Waals surface area contributed by atoms with Crippen LogP contribution in [0.4, 0.5) is 4.39 Å². The number of halogens is 2. The zero-order valence-electron chi connectivity index (χ0n) is 28.7. The van der Waals surface area contributed by atoms with Crippen LogP contribution in [0.15, 0.2) is 67.2 Å². The van der Waals surface area contributed by atoms with Crippen LogP contribution in [-0.4, -0.2) is 36.7 Å². The first-order valence-electron chi connectivity index (χ1n) is 16.7. The molecule has 1 aliphatic heterocycles. The Bertz CT molecular complexity index is 1680. The zero-order valence-corrected chi connectivity index (χ0v) is 30.4. The van der Waals surface area contributed by atoms with E-state index in [2.05, 4.69) is 59.6 Å². The summed E-state index contributed by atoms with van der Waals surface area (Å²) in [5.74, 6) is 2.72. The Hall–Kier alpha value is -3.21. The molecule has 2 aliphatic rings. The van der Waals surface area contributed by atoms with Gasteiger partial charge in [0.05, 0.1) is 23.8 Å². The molecule has 3 aromatic rings. The van der Waals surface area contributed by atoms with Crippen LogP contribution in [0.1, 0.15) is 99.5 Å². The van der Waals surface area contributed by atoms with Crippen molar-refractivity contribution in [2.45, 2.75) is 96.3 Å². The molecule has 0 radical (unpaired) electrons. The number of amides is 1. The summed E-state index contributed by atoms with van der Waals surface area (Å²) in [4.78, 5) is 16.1. The SMILES string of the molecule is C=C(C)c1cc(F)c2c(c1)C(=O)N(Cc1ccc(C#C[Si](C(C)C)(C(C)C)C(C)C)cc1)C2(OC(CO)C1CC1)c1ccc(Cl)cc1. The van der Waals surface area contributed by atoms with Gasteiger partial charge in [-0.1, -0.05) is 95.5 Å². The minimum atomic E-state index is -1.90. The van der Waals surface area contributed by atoms with Gasteiger partial charge in [0.2, 0.25) is 5.72 Å². The fourth-order valence-corrected chi connectivity index (χ4v) is 13.0. The second kappa shape index (κ2) is 13.7. The molecular formula is C40H47ClFNO3Si. The Kier molecular flexibility index (Phi) is 10.2. The highest BCUT2D eigenvalue weighted by Crippen LogP contribution is 2.51. The van der Waals surface area contributed by atoms with Gasteiger partial charge < -0.3 is 9.84 Å². The van der Waals surface area contributed by atoms with Gasteiger partial charge in [-0.3, -0.25) is 9.69 Å². The average Bonchev–Trinajstić information content (AvgIpc) is 3.84. The van der Waals surface area contributed by atoms with Crippen molar-refractivity contribution in [3.8, 4) is 11.5 Å². The summed E-state index contributed by atoms with van der Waals surface area (Å²) in [6, 6.07) is 18.1. The van der Waals surface area contributed by atoms with Crippen LogP contribution >= 0.6 is 11.6 Å². The van der Waals surface area contributed by atoms with Crippen molar-refractivity contribution in [1.82, 2.24) is 4.90 Å². The Labute approximate surface area is 286 Å². The molecule has 7 heteroatoms. The summed E-state index contributed by atoms with van der Waals surface area (Å²) in [7, 11) is -1.90. The fraction of sp³-hybridized carbons (Fsp3) is 0.425. The van der Waals surface area contributed by atoms with Crippen LogP contribution < -0.4 is 0 Å². The predicted molar refractivity (Wildman–Crippen MR) is 192 cm³/mol. The first-order chi connectivity index (χ1) is 22.3. The van der Waals surface area contributed by atoms with E-state index in [1.807, 2.05) is 24.3 Å². The molecule has 5 rings (SSSR count). The number of fused-ring (bicyclic) bond motifs is 1. The Morgan fingerprint density at radius 1 is 1.04 bits per heavy atom. The monoisotopic (exact) mass is 671 g/mol. The number of benzene rings is 3. The summed E-state index contributed by atoms with van der Waals surface area (Å²) in [6.07, 6.45) is 1.21. The number of allylic oxidation sites excluding steroid dienone is 1. The summed E-state index contributed by atoms with van der Waals surface area (Å²) < 4.78 is 23.3. The van der Waals surface area contributed by atoms with Crippen LogP contribution in [0.25, 0.3) is 5.57 Å². The number of hydrogen-bond acceptors (Lipinski definition) is 3. The lowest BCUT2D eigenvalue weighted by molar-refractivity contribution is -0.165. The quantitative estimate of drug-likeness (QED) is 0.163. The third-order valence-corrected chi connectivity index (χ3v) is 16.8. The van der Waals surface area contributed by atoms with E-state index in [0.29, 0.717) is 38.3 Å². The molecule has 1 saturated carbocycles. The topological polar surface area (TPSA) is 49.8 Å². The number of aliphatic hydroxyl groups excluding tert-OH is 1. The lowest BCUT2D eigenvalue weighted by atomic mass is 9.90. The van der Waals surface area contributed by atoms with E-state index in [1.54, 1.807) is 42.2 Å². The summed E-state index contributed by atoms with van der Waals surface area (Å²) in [5.41, 5.74) is 7.67. The molecule has 1 aliphatic carbocycles. The van der Waals surface area contributed by atoms with Crippen molar-refractivity contribution in [2.75, 3.05) is 6.61 Å². The van der Waals surface area contributed by atoms with Gasteiger partial charge in [0.25, 0.3) is 5.91 Å². The molecule has 1 N–H and O–H groups in total. The van der Waals surface area contributed by atoms with Gasteiger partial charge in [-0.05, 0) is 89.8 Å². The number of ether oxygens (including phenoxy) is 1. The molecule has 1 heterocycles. The van der Waals surface area contributed by atoms with Gasteiger partial charge in [0.1, 0.15) is 13.9 Å². The van der Waals surface area contributed by atoms with Crippen molar-refractivity contribution >= 4 is 31.2 Å². The maximum Gasteiger partial charge on any atom is 0.257 e. The minimum absolute atomic E-state index is 0.124. The first kappa shape index (κ1) is 35.1. The zero-order chi connectivity index (χ0) is 34.3. The summed E-state index contributed by atoms with van der Waals surface area (Å²) >= 11 is 6.31. The third-order valence-electron chi connectivity index (χ3n) is 10.2. The lowest BCUT2D eigenvalue weighted by Crippen LogP contribution is -2.49. The van der Waals surface area contributed by atoms with E-state index in [9.17, 15) is 9.90 Å². The van der Waals surface area contributed by atoms with Crippen LogP contribution in [-0.2, 0) is 17.0 Å². The van der Waals surface area contributed by atoms with E-state index in [1.165, 1.54) is 6.07 Å². The van der Waals surface area contributed by atoms with Gasteiger partial charge in [-0.15, -0.1) is 5.54 Å². The molecule has 0 spiro atoms. The molecule has 0 bridgehead atoms. The van der Waals surface area contributed by atoms with E-state index < -0.39 is 25.7 Å². The molecule has 1 fully saturated rings. The number of rotatable bonds is 11. The van der Waals surface area contributed by atoms with Crippen LogP contribution in [0.2, 0.25) is 21.6 Å². The van der Waals surface area contributed by atoms with E-state index >= 15 is 4.39 Å². The Morgan fingerprint density at radius 3 is 2.15 bits per heavy atom. The number of hydrogen-bond donors (Lipinski definition) is 1. The number of aliphatic hydroxyl groups is 1. The average molecular weight is 672 g/mol. The molecule has 2 atom stereocenters. The molecule has 4 nitrogen and oxygen atoms in total. The standard InChI is InChI=1S/C40H47ClFNO3Si/c1-25(2)32-21-35-38(36(42)22-32)40(33-15-17-34(41)18-16-33,46-37(24-44)31-13-14-31)43(39(35)45)23-30-11-9-29(10-12-30)19-20-47(26(3)4,27(5)6)28(7)8/h9-12,15-18,21-22,26-28,31,37,44H,1,13-14,23-24H2,2-8H3. The van der Waals surface area contributed by atoms with Crippen molar-refractivity contribution in [1.29, 1.82) is 0 Å². The van der Waals surface area contributed by atoms with Gasteiger partial charge in [0, 0.05) is 22.7 Å². The Morgan fingerprint density at radius 2 is 1.64 bits per heavy atom. The predicted octanol–water partition coefficient (Wildman–Crippen LogP) is 9.73. The molecule has 0 saturated heterocycles. The number of carbonyl (C=O) groups is 1. The summed E-state index contributed by atoms with van der Waals surface area (Å²) in [5, 5.41) is 11.0. The molecule has 47 heavy (non-hydrogen) atoms. The van der Waals surface area contributed by atoms with Crippen molar-refractivity contribution < 1.29 is 19.0 Å². The summed E-state index contributed by atoms with van der Waals surface area (Å²) in [6.45, 7) is 19.5. The molecule has 248 valence electrons. The molecule has 3 aromatic carbocycles. The fourth-order valence-electron chi connectivity index (χ4n) is 7.60. The normalized spacial score (nSPS) is 18.5. The van der Waals surface area contributed by atoms with Crippen LogP contribution in [0, 0.1) is 23.2 Å². The molecular weight excluding hydrogens is 625 g/mol. The van der Waals surface area contributed by atoms with E-state index in [-0.39, 0.29) is 36.1 Å². The third kappa shape index (κ3) is 6.48. The first-order valence-corrected chi connectivity index (χ1v) is 19.4. The smallest absolute Gasteiger partial charge is 0.257 e.